The number of β-amino-alcohol motifs (C(OH)–C–C–N with tert-alkyl or cyclic N) is 1. The highest BCUT2D eigenvalue weighted by atomic mass is 35.5. The van der Waals surface area contributed by atoms with Crippen molar-refractivity contribution in [3.8, 4) is 11.5 Å². The fourth-order valence-corrected chi connectivity index (χ4v) is 4.52. The molecule has 0 amide bonds. The fraction of sp³-hybridized carbons (Fsp3) is 0.409. The molecule has 2 N–H and O–H groups in total. The van der Waals surface area contributed by atoms with E-state index in [0.29, 0.717) is 11.6 Å². The lowest BCUT2D eigenvalue weighted by Gasteiger charge is -2.39. The Kier molecular flexibility index (Phi) is 6.11. The summed E-state index contributed by atoms with van der Waals surface area (Å²) in [5.41, 5.74) is 0.944. The van der Waals surface area contributed by atoms with Gasteiger partial charge in [0, 0.05) is 48.9 Å². The summed E-state index contributed by atoms with van der Waals surface area (Å²) in [5.74, 6) is -0.0139. The van der Waals surface area contributed by atoms with Crippen LogP contribution in [0, 0.1) is 0 Å². The molecule has 30 heavy (non-hydrogen) atoms. The number of hydrogen-bond donors (Lipinski definition) is 2. The number of carboxylic acids is 1. The van der Waals surface area contributed by atoms with E-state index in [1.54, 1.807) is 6.07 Å². The van der Waals surface area contributed by atoms with Crippen LogP contribution in [0.15, 0.2) is 36.4 Å². The van der Waals surface area contributed by atoms with Crippen molar-refractivity contribution >= 4 is 29.2 Å². The first kappa shape index (κ1) is 21.2. The van der Waals surface area contributed by atoms with E-state index >= 15 is 0 Å². The second-order valence-electron chi connectivity index (χ2n) is 7.92. The molecule has 4 rings (SSSR count). The van der Waals surface area contributed by atoms with Gasteiger partial charge >= 0.3 is 5.97 Å². The number of benzene rings is 2. The summed E-state index contributed by atoms with van der Waals surface area (Å²) in [6.07, 6.45) is 1.86. The highest BCUT2D eigenvalue weighted by Gasteiger charge is 2.42. The predicted octanol–water partition coefficient (Wildman–Crippen LogP) is 3.90. The van der Waals surface area contributed by atoms with Gasteiger partial charge in [0.25, 0.3) is 0 Å². The van der Waals surface area contributed by atoms with E-state index in [-0.39, 0.29) is 23.5 Å². The van der Waals surface area contributed by atoms with Crippen LogP contribution in [0.25, 0.3) is 0 Å². The molecule has 1 spiro atoms. The molecule has 2 aliphatic rings. The third-order valence-electron chi connectivity index (χ3n) is 5.70. The normalized spacial score (nSPS) is 18.6. The van der Waals surface area contributed by atoms with Crippen LogP contribution >= 0.6 is 23.2 Å². The molecule has 160 valence electrons. The van der Waals surface area contributed by atoms with Gasteiger partial charge in [0.15, 0.2) is 0 Å². The summed E-state index contributed by atoms with van der Waals surface area (Å²) in [5, 5.41) is 20.7. The molecule has 0 aliphatic carbocycles. The largest absolute Gasteiger partial charge is 0.490 e. The molecule has 0 saturated carbocycles. The van der Waals surface area contributed by atoms with Crippen molar-refractivity contribution in [3.05, 3.63) is 57.6 Å². The number of ether oxygens (including phenoxy) is 2. The van der Waals surface area contributed by atoms with Crippen LogP contribution in [0.4, 0.5) is 0 Å². The minimum absolute atomic E-state index is 0.00396. The molecule has 0 unspecified atom stereocenters. The molecule has 2 aromatic rings. The van der Waals surface area contributed by atoms with Gasteiger partial charge in [-0.25, -0.2) is 4.79 Å². The molecule has 2 aliphatic heterocycles. The third kappa shape index (κ3) is 4.67. The minimum atomic E-state index is -1.12. The Morgan fingerprint density at radius 3 is 2.60 bits per heavy atom. The number of fused-ring (bicyclic) bond motifs is 1. The smallest absolute Gasteiger partial charge is 0.339 e. The number of carboxylic acid groups (broad SMARTS) is 1. The molecule has 0 aromatic heterocycles. The molecule has 1 saturated heterocycles. The van der Waals surface area contributed by atoms with Crippen LogP contribution in [0.1, 0.15) is 28.8 Å². The first-order chi connectivity index (χ1) is 14.3. The zero-order valence-electron chi connectivity index (χ0n) is 16.3. The number of aliphatic hydroxyl groups excluding tert-OH is 1. The van der Waals surface area contributed by atoms with Crippen molar-refractivity contribution in [1.82, 2.24) is 4.90 Å². The van der Waals surface area contributed by atoms with Gasteiger partial charge in [-0.05, 0) is 42.0 Å². The van der Waals surface area contributed by atoms with Gasteiger partial charge in [0.1, 0.15) is 35.4 Å². The monoisotopic (exact) mass is 451 g/mol. The number of halogens is 2. The second kappa shape index (κ2) is 8.63. The van der Waals surface area contributed by atoms with Gasteiger partial charge in [0.2, 0.25) is 0 Å². The average molecular weight is 452 g/mol. The number of carbonyl (C=O) groups is 1. The highest BCUT2D eigenvalue weighted by molar-refractivity contribution is 6.31. The molecule has 1 atom stereocenters. The van der Waals surface area contributed by atoms with Crippen LogP contribution < -0.4 is 9.47 Å². The summed E-state index contributed by atoms with van der Waals surface area (Å²) in [6.45, 7) is 2.06. The van der Waals surface area contributed by atoms with Crippen LogP contribution in [0.2, 0.25) is 10.0 Å². The highest BCUT2D eigenvalue weighted by Crippen LogP contribution is 2.41. The van der Waals surface area contributed by atoms with Gasteiger partial charge in [-0.3, -0.25) is 0 Å². The van der Waals surface area contributed by atoms with E-state index in [0.717, 1.165) is 48.7 Å². The standard InChI is InChI=1S/C22H23Cl2NO5/c23-15-1-3-19-14(9-15)11-22(30-19)5-7-25(8-6-22)12-17(26)13-29-20-4-2-16(24)10-18(20)21(27)28/h1-4,9-10,17,26H,5-8,11-13H2,(H,27,28)/t17-/m1/s1. The van der Waals surface area contributed by atoms with Gasteiger partial charge in [-0.1, -0.05) is 23.2 Å². The Morgan fingerprint density at radius 2 is 1.87 bits per heavy atom. The quantitative estimate of drug-likeness (QED) is 0.692. The van der Waals surface area contributed by atoms with Crippen LogP contribution in [0.5, 0.6) is 11.5 Å². The second-order valence-corrected chi connectivity index (χ2v) is 8.80. The predicted molar refractivity (Wildman–Crippen MR) is 114 cm³/mol. The Morgan fingerprint density at radius 1 is 1.17 bits per heavy atom. The van der Waals surface area contributed by atoms with E-state index < -0.39 is 12.1 Å². The van der Waals surface area contributed by atoms with Crippen molar-refractivity contribution in [2.45, 2.75) is 31.0 Å². The minimum Gasteiger partial charge on any atom is -0.490 e. The summed E-state index contributed by atoms with van der Waals surface area (Å²) >= 11 is 11.9. The lowest BCUT2D eigenvalue weighted by atomic mass is 9.87. The van der Waals surface area contributed by atoms with Crippen LogP contribution in [0.3, 0.4) is 0 Å². The third-order valence-corrected chi connectivity index (χ3v) is 6.17. The van der Waals surface area contributed by atoms with Crippen molar-refractivity contribution in [2.24, 2.45) is 0 Å². The number of piperidine rings is 1. The number of rotatable bonds is 6. The Hall–Kier alpha value is -1.99. The summed E-state index contributed by atoms with van der Waals surface area (Å²) in [6, 6.07) is 10.2. The zero-order chi connectivity index (χ0) is 21.3. The lowest BCUT2D eigenvalue weighted by molar-refractivity contribution is -0.00202. The van der Waals surface area contributed by atoms with E-state index in [4.69, 9.17) is 32.7 Å². The molecule has 2 heterocycles. The molecule has 0 radical (unpaired) electrons. The maximum absolute atomic E-state index is 11.3. The van der Waals surface area contributed by atoms with Crippen molar-refractivity contribution in [2.75, 3.05) is 26.2 Å². The van der Waals surface area contributed by atoms with Crippen LogP contribution in [-0.2, 0) is 6.42 Å². The number of aromatic carboxylic acids is 1. The number of hydrogen-bond acceptors (Lipinski definition) is 5. The summed E-state index contributed by atoms with van der Waals surface area (Å²) in [4.78, 5) is 13.5. The van der Waals surface area contributed by atoms with Gasteiger partial charge in [-0.2, -0.15) is 0 Å². The molecule has 1 fully saturated rings. The van der Waals surface area contributed by atoms with Gasteiger partial charge in [-0.15, -0.1) is 0 Å². The Labute approximate surface area is 184 Å². The first-order valence-electron chi connectivity index (χ1n) is 9.87. The molecule has 6 nitrogen and oxygen atoms in total. The van der Waals surface area contributed by atoms with E-state index in [1.165, 1.54) is 12.1 Å². The lowest BCUT2D eigenvalue weighted by Crippen LogP contribution is -2.49. The Balaban J connectivity index is 1.27. The molecule has 0 bridgehead atoms. The number of aliphatic hydroxyl groups is 1. The number of likely N-dealkylation sites (tertiary alicyclic amines) is 1. The maximum Gasteiger partial charge on any atom is 0.339 e. The summed E-state index contributed by atoms with van der Waals surface area (Å²) < 4.78 is 11.8. The van der Waals surface area contributed by atoms with Crippen molar-refractivity contribution in [3.63, 3.8) is 0 Å². The topological polar surface area (TPSA) is 79.2 Å². The van der Waals surface area contributed by atoms with Gasteiger partial charge in [0.05, 0.1) is 0 Å². The fourth-order valence-electron chi connectivity index (χ4n) is 4.16. The van der Waals surface area contributed by atoms with E-state index in [9.17, 15) is 15.0 Å². The van der Waals surface area contributed by atoms with E-state index in [2.05, 4.69) is 4.90 Å². The van der Waals surface area contributed by atoms with Crippen LogP contribution in [-0.4, -0.2) is 59.0 Å². The van der Waals surface area contributed by atoms with Crippen molar-refractivity contribution in [1.29, 1.82) is 0 Å². The molecule has 2 aromatic carbocycles. The Bertz CT molecular complexity index is 943. The summed E-state index contributed by atoms with van der Waals surface area (Å²) in [7, 11) is 0. The molecule has 8 heteroatoms. The number of nitrogens with zero attached hydrogens (tertiary/aromatic N) is 1. The van der Waals surface area contributed by atoms with Crippen molar-refractivity contribution < 1.29 is 24.5 Å². The average Bonchev–Trinajstić information content (AvgIpc) is 3.05. The molecular weight excluding hydrogens is 429 g/mol. The first-order valence-corrected chi connectivity index (χ1v) is 10.6. The zero-order valence-corrected chi connectivity index (χ0v) is 17.8. The van der Waals surface area contributed by atoms with E-state index in [1.807, 2.05) is 18.2 Å². The SMILES string of the molecule is O=C(O)c1cc(Cl)ccc1OC[C@H](O)CN1CCC2(CC1)Cc1cc(Cl)ccc1O2. The maximum atomic E-state index is 11.3. The molecular formula is C22H23Cl2NO5. The van der Waals surface area contributed by atoms with Gasteiger partial charge < -0.3 is 24.6 Å².